The van der Waals surface area contributed by atoms with Gasteiger partial charge in [-0.05, 0) is 30.4 Å². The number of piperidine rings is 1. The number of rotatable bonds is 2. The van der Waals surface area contributed by atoms with E-state index < -0.39 is 10.0 Å². The molecule has 6 nitrogen and oxygen atoms in total. The zero-order valence-corrected chi connectivity index (χ0v) is 13.1. The number of nitrogen functional groups attached to an aromatic ring is 1. The Labute approximate surface area is 124 Å². The van der Waals surface area contributed by atoms with E-state index in [1.54, 1.807) is 22.7 Å². The molecule has 114 valence electrons. The maximum Gasteiger partial charge on any atom is 0.262 e. The fraction of sp³-hybridized carbons (Fsp3) is 0.500. The number of sulfonamides is 1. The van der Waals surface area contributed by atoms with E-state index in [1.165, 1.54) is 4.31 Å². The molecule has 3 rings (SSSR count). The minimum absolute atomic E-state index is 0.0611. The molecule has 2 aromatic heterocycles. The van der Waals surface area contributed by atoms with Gasteiger partial charge in [-0.2, -0.15) is 4.31 Å². The summed E-state index contributed by atoms with van der Waals surface area (Å²) >= 11 is 0. The minimum Gasteiger partial charge on any atom is -0.381 e. The first-order chi connectivity index (χ1) is 9.81. The van der Waals surface area contributed by atoms with Crippen molar-refractivity contribution < 1.29 is 8.42 Å². The molecule has 2 aromatic rings. The van der Waals surface area contributed by atoms with Gasteiger partial charge in [0.1, 0.15) is 5.65 Å². The highest BCUT2D eigenvalue weighted by atomic mass is 32.2. The maximum atomic E-state index is 12.9. The molecule has 0 atom stereocenters. The summed E-state index contributed by atoms with van der Waals surface area (Å²) < 4.78 is 28.8. The van der Waals surface area contributed by atoms with Crippen molar-refractivity contribution >= 4 is 21.5 Å². The van der Waals surface area contributed by atoms with Crippen LogP contribution in [-0.2, 0) is 10.0 Å². The summed E-state index contributed by atoms with van der Waals surface area (Å²) in [5, 5.41) is 0.0813. The van der Waals surface area contributed by atoms with E-state index in [-0.39, 0.29) is 16.3 Å². The first kappa shape index (κ1) is 14.3. The molecule has 0 spiro atoms. The lowest BCUT2D eigenvalue weighted by Gasteiger charge is -2.35. The number of pyridine rings is 1. The minimum atomic E-state index is -3.62. The van der Waals surface area contributed by atoms with Crippen molar-refractivity contribution in [3.63, 3.8) is 0 Å². The molecular formula is C14H20N4O2S. The van der Waals surface area contributed by atoms with Crippen LogP contribution < -0.4 is 5.73 Å². The second-order valence-electron chi connectivity index (χ2n) is 6.30. The molecule has 0 aromatic carbocycles. The van der Waals surface area contributed by atoms with Gasteiger partial charge in [0, 0.05) is 19.3 Å². The smallest absolute Gasteiger partial charge is 0.262 e. The number of fused-ring (bicyclic) bond motifs is 1. The second-order valence-corrected chi connectivity index (χ2v) is 8.15. The zero-order valence-electron chi connectivity index (χ0n) is 12.3. The Bertz CT molecular complexity index is 769. The number of hydrogen-bond acceptors (Lipinski definition) is 4. The Morgan fingerprint density at radius 3 is 2.57 bits per heavy atom. The number of hydrogen-bond donors (Lipinski definition) is 1. The highest BCUT2D eigenvalue weighted by molar-refractivity contribution is 7.89. The second kappa shape index (κ2) is 4.71. The molecule has 0 aliphatic carbocycles. The van der Waals surface area contributed by atoms with Crippen LogP contribution in [0.25, 0.3) is 5.65 Å². The van der Waals surface area contributed by atoms with Crippen LogP contribution in [0.3, 0.4) is 0 Å². The Kier molecular flexibility index (Phi) is 3.22. The van der Waals surface area contributed by atoms with Crippen molar-refractivity contribution in [2.24, 2.45) is 5.41 Å². The third-order valence-corrected chi connectivity index (χ3v) is 6.11. The largest absolute Gasteiger partial charge is 0.381 e. The first-order valence-corrected chi connectivity index (χ1v) is 8.48. The molecule has 0 saturated carbocycles. The fourth-order valence-corrected chi connectivity index (χ4v) is 4.32. The third kappa shape index (κ3) is 2.40. The van der Waals surface area contributed by atoms with Gasteiger partial charge in [-0.3, -0.25) is 4.40 Å². The molecule has 0 unspecified atom stereocenters. The van der Waals surface area contributed by atoms with Crippen molar-refractivity contribution in [2.45, 2.75) is 31.7 Å². The van der Waals surface area contributed by atoms with Crippen LogP contribution in [0.2, 0.25) is 0 Å². The predicted molar refractivity (Wildman–Crippen MR) is 81.4 cm³/mol. The van der Waals surface area contributed by atoms with Gasteiger partial charge >= 0.3 is 0 Å². The average molecular weight is 308 g/mol. The van der Waals surface area contributed by atoms with Gasteiger partial charge in [-0.1, -0.05) is 19.9 Å². The van der Waals surface area contributed by atoms with Crippen molar-refractivity contribution in [3.05, 3.63) is 24.4 Å². The van der Waals surface area contributed by atoms with Crippen LogP contribution in [0.4, 0.5) is 5.82 Å². The lowest BCUT2D eigenvalue weighted by Crippen LogP contribution is -2.41. The highest BCUT2D eigenvalue weighted by Crippen LogP contribution is 2.33. The lowest BCUT2D eigenvalue weighted by atomic mass is 9.83. The zero-order chi connectivity index (χ0) is 15.3. The molecule has 0 amide bonds. The van der Waals surface area contributed by atoms with E-state index in [9.17, 15) is 8.42 Å². The number of nitrogens with zero attached hydrogens (tertiary/aromatic N) is 3. The molecule has 2 N–H and O–H groups in total. The molecule has 3 heterocycles. The van der Waals surface area contributed by atoms with Gasteiger partial charge < -0.3 is 5.73 Å². The highest BCUT2D eigenvalue weighted by Gasteiger charge is 2.35. The van der Waals surface area contributed by atoms with Crippen LogP contribution in [-0.4, -0.2) is 35.2 Å². The molecule has 1 fully saturated rings. The van der Waals surface area contributed by atoms with Crippen LogP contribution >= 0.6 is 0 Å². The van der Waals surface area contributed by atoms with Crippen molar-refractivity contribution in [1.29, 1.82) is 0 Å². The SMILES string of the molecule is CC1(C)CCN(S(=O)(=O)c2c(N)nc3ccccn23)CC1. The number of nitrogens with two attached hydrogens (primary N) is 1. The van der Waals surface area contributed by atoms with Gasteiger partial charge in [0.15, 0.2) is 10.8 Å². The summed E-state index contributed by atoms with van der Waals surface area (Å²) in [6.07, 6.45) is 3.38. The average Bonchev–Trinajstić information content (AvgIpc) is 2.74. The van der Waals surface area contributed by atoms with Crippen LogP contribution in [0.1, 0.15) is 26.7 Å². The number of aromatic nitrogens is 2. The molecule has 0 bridgehead atoms. The summed E-state index contributed by atoms with van der Waals surface area (Å²) in [5.41, 5.74) is 6.60. The maximum absolute atomic E-state index is 12.9. The Hall–Kier alpha value is -1.60. The molecule has 1 saturated heterocycles. The molecule has 21 heavy (non-hydrogen) atoms. The third-order valence-electron chi connectivity index (χ3n) is 4.17. The van der Waals surface area contributed by atoms with Gasteiger partial charge in [0.2, 0.25) is 0 Å². The summed E-state index contributed by atoms with van der Waals surface area (Å²) in [5.74, 6) is 0.0611. The van der Waals surface area contributed by atoms with Crippen LogP contribution in [0.15, 0.2) is 29.4 Å². The van der Waals surface area contributed by atoms with Crippen LogP contribution in [0, 0.1) is 5.41 Å². The monoisotopic (exact) mass is 308 g/mol. The standard InChI is InChI=1S/C14H20N4O2S/c1-14(2)6-9-17(10-7-14)21(19,20)13-12(15)16-11-5-3-4-8-18(11)13/h3-5,8H,6-7,9-10,15H2,1-2H3. The van der Waals surface area contributed by atoms with Gasteiger partial charge in [-0.25, -0.2) is 13.4 Å². The van der Waals surface area contributed by atoms with Gasteiger partial charge in [0.25, 0.3) is 10.0 Å². The summed E-state index contributed by atoms with van der Waals surface area (Å²) in [6, 6.07) is 5.32. The Morgan fingerprint density at radius 2 is 1.90 bits per heavy atom. The van der Waals surface area contributed by atoms with Crippen molar-refractivity contribution in [3.8, 4) is 0 Å². The predicted octanol–water partition coefficient (Wildman–Crippen LogP) is 1.73. The van der Waals surface area contributed by atoms with E-state index in [2.05, 4.69) is 18.8 Å². The number of anilines is 1. The Balaban J connectivity index is 2.03. The first-order valence-electron chi connectivity index (χ1n) is 7.04. The van der Waals surface area contributed by atoms with Crippen molar-refractivity contribution in [1.82, 2.24) is 13.7 Å². The van der Waals surface area contributed by atoms with Crippen molar-refractivity contribution in [2.75, 3.05) is 18.8 Å². The van der Waals surface area contributed by atoms with E-state index >= 15 is 0 Å². The lowest BCUT2D eigenvalue weighted by molar-refractivity contribution is 0.195. The molecule has 0 radical (unpaired) electrons. The Morgan fingerprint density at radius 1 is 1.24 bits per heavy atom. The van der Waals surface area contributed by atoms with E-state index in [0.717, 1.165) is 12.8 Å². The normalized spacial score (nSPS) is 19.9. The molecule has 1 aliphatic heterocycles. The fourth-order valence-electron chi connectivity index (χ4n) is 2.70. The van der Waals surface area contributed by atoms with E-state index in [4.69, 9.17) is 5.73 Å². The quantitative estimate of drug-likeness (QED) is 0.916. The van der Waals surface area contributed by atoms with Gasteiger partial charge in [0.05, 0.1) is 0 Å². The molecule has 1 aliphatic rings. The molecule has 7 heteroatoms. The topological polar surface area (TPSA) is 80.7 Å². The van der Waals surface area contributed by atoms with E-state index in [1.807, 2.05) is 6.07 Å². The summed E-state index contributed by atoms with van der Waals surface area (Å²) in [7, 11) is -3.62. The van der Waals surface area contributed by atoms with E-state index in [0.29, 0.717) is 18.7 Å². The summed E-state index contributed by atoms with van der Waals surface area (Å²) in [6.45, 7) is 5.38. The molecular weight excluding hydrogens is 288 g/mol. The van der Waals surface area contributed by atoms with Crippen LogP contribution in [0.5, 0.6) is 0 Å². The summed E-state index contributed by atoms with van der Waals surface area (Å²) in [4.78, 5) is 4.14. The number of imidazole rings is 1. The van der Waals surface area contributed by atoms with Gasteiger partial charge in [-0.15, -0.1) is 0 Å².